The van der Waals surface area contributed by atoms with Crippen molar-refractivity contribution in [3.8, 4) is 0 Å². The molecular formula is C17H17N5OS. The maximum Gasteiger partial charge on any atom is 0.261 e. The van der Waals surface area contributed by atoms with Crippen LogP contribution in [0.15, 0.2) is 36.8 Å². The molecular weight excluding hydrogens is 322 g/mol. The predicted octanol–water partition coefficient (Wildman–Crippen LogP) is 2.44. The highest BCUT2D eigenvalue weighted by Crippen LogP contribution is 2.39. The van der Waals surface area contributed by atoms with Gasteiger partial charge in [-0.2, -0.15) is 0 Å². The maximum absolute atomic E-state index is 12.3. The van der Waals surface area contributed by atoms with Crippen molar-refractivity contribution in [3.63, 3.8) is 0 Å². The van der Waals surface area contributed by atoms with Gasteiger partial charge in [0.2, 0.25) is 5.95 Å². The van der Waals surface area contributed by atoms with Crippen LogP contribution in [0.25, 0.3) is 10.2 Å². The third-order valence-corrected chi connectivity index (χ3v) is 5.50. The average Bonchev–Trinajstić information content (AvgIpc) is 3.26. The molecule has 3 aromatic heterocycles. The van der Waals surface area contributed by atoms with E-state index >= 15 is 0 Å². The molecule has 3 aromatic rings. The highest BCUT2D eigenvalue weighted by molar-refractivity contribution is 7.20. The minimum atomic E-state index is -0.0394. The zero-order chi connectivity index (χ0) is 16.5. The van der Waals surface area contributed by atoms with Crippen molar-refractivity contribution in [3.05, 3.63) is 47.2 Å². The van der Waals surface area contributed by atoms with E-state index in [0.29, 0.717) is 0 Å². The van der Waals surface area contributed by atoms with E-state index in [1.54, 1.807) is 25.6 Å². The smallest absolute Gasteiger partial charge is 0.261 e. The van der Waals surface area contributed by atoms with Crippen molar-refractivity contribution >= 4 is 33.4 Å². The van der Waals surface area contributed by atoms with E-state index in [9.17, 15) is 4.79 Å². The van der Waals surface area contributed by atoms with Crippen molar-refractivity contribution in [2.24, 2.45) is 0 Å². The number of amides is 1. The van der Waals surface area contributed by atoms with Gasteiger partial charge in [0.05, 0.1) is 4.88 Å². The number of anilines is 1. The first-order valence-corrected chi connectivity index (χ1v) is 8.71. The van der Waals surface area contributed by atoms with Crippen molar-refractivity contribution in [2.75, 3.05) is 25.0 Å². The van der Waals surface area contributed by atoms with Gasteiger partial charge < -0.3 is 10.2 Å². The Kier molecular flexibility index (Phi) is 3.86. The fraction of sp³-hybridized carbons (Fsp3) is 0.294. The van der Waals surface area contributed by atoms with Crippen molar-refractivity contribution in [2.45, 2.75) is 12.3 Å². The molecule has 0 radical (unpaired) electrons. The minimum absolute atomic E-state index is 0.0394. The molecule has 0 aliphatic carbocycles. The number of fused-ring (bicyclic) bond motifs is 1. The highest BCUT2D eigenvalue weighted by atomic mass is 32.1. The number of rotatable bonds is 3. The monoisotopic (exact) mass is 339 g/mol. The molecule has 1 unspecified atom stereocenters. The summed E-state index contributed by atoms with van der Waals surface area (Å²) in [4.78, 5) is 29.3. The van der Waals surface area contributed by atoms with E-state index in [1.807, 2.05) is 12.1 Å². The second kappa shape index (κ2) is 6.16. The zero-order valence-electron chi connectivity index (χ0n) is 13.3. The summed E-state index contributed by atoms with van der Waals surface area (Å²) in [6, 6.07) is 5.81. The molecule has 1 fully saturated rings. The Balaban J connectivity index is 1.73. The third kappa shape index (κ3) is 2.50. The molecule has 1 aliphatic rings. The van der Waals surface area contributed by atoms with E-state index in [4.69, 9.17) is 0 Å². The molecule has 1 atom stereocenters. The summed E-state index contributed by atoms with van der Waals surface area (Å²) in [5, 5.41) is 3.84. The van der Waals surface area contributed by atoms with Gasteiger partial charge in [-0.05, 0) is 24.1 Å². The second-order valence-electron chi connectivity index (χ2n) is 5.76. The van der Waals surface area contributed by atoms with Gasteiger partial charge in [-0.15, -0.1) is 11.3 Å². The van der Waals surface area contributed by atoms with Crippen LogP contribution in [-0.2, 0) is 0 Å². The lowest BCUT2D eigenvalue weighted by Crippen LogP contribution is -2.22. The summed E-state index contributed by atoms with van der Waals surface area (Å²) in [6.07, 6.45) is 6.27. The Morgan fingerprint density at radius 2 is 2.04 bits per heavy atom. The average molecular weight is 339 g/mol. The predicted molar refractivity (Wildman–Crippen MR) is 94.6 cm³/mol. The number of aromatic nitrogens is 3. The topological polar surface area (TPSA) is 71.0 Å². The Bertz CT molecular complexity index is 879. The largest absolute Gasteiger partial charge is 0.354 e. The van der Waals surface area contributed by atoms with Crippen LogP contribution in [-0.4, -0.2) is 41.0 Å². The summed E-state index contributed by atoms with van der Waals surface area (Å²) in [6.45, 7) is 1.70. The van der Waals surface area contributed by atoms with Crippen LogP contribution in [0.3, 0.4) is 0 Å². The number of hydrogen-bond donors (Lipinski definition) is 1. The molecule has 0 spiro atoms. The number of nitrogens with one attached hydrogen (secondary N) is 1. The highest BCUT2D eigenvalue weighted by Gasteiger charge is 2.31. The van der Waals surface area contributed by atoms with Gasteiger partial charge >= 0.3 is 0 Å². The first kappa shape index (κ1) is 15.0. The van der Waals surface area contributed by atoms with Crippen LogP contribution in [0, 0.1) is 0 Å². The Morgan fingerprint density at radius 3 is 2.83 bits per heavy atom. The lowest BCUT2D eigenvalue weighted by molar-refractivity contribution is 0.0966. The number of pyridine rings is 1. The fourth-order valence-electron chi connectivity index (χ4n) is 3.27. The second-order valence-corrected chi connectivity index (χ2v) is 6.76. The quantitative estimate of drug-likeness (QED) is 0.793. The van der Waals surface area contributed by atoms with Crippen molar-refractivity contribution in [1.82, 2.24) is 20.3 Å². The molecule has 6 nitrogen and oxygen atoms in total. The third-order valence-electron chi connectivity index (χ3n) is 4.37. The molecule has 1 N–H and O–H groups in total. The lowest BCUT2D eigenvalue weighted by Gasteiger charge is -2.16. The van der Waals surface area contributed by atoms with E-state index in [1.165, 1.54) is 11.3 Å². The van der Waals surface area contributed by atoms with Gasteiger partial charge in [0.1, 0.15) is 4.83 Å². The molecule has 0 saturated carbocycles. The van der Waals surface area contributed by atoms with Crippen molar-refractivity contribution in [1.29, 1.82) is 0 Å². The number of thiophene rings is 1. The number of nitrogens with zero attached hydrogens (tertiary/aromatic N) is 4. The molecule has 122 valence electrons. The van der Waals surface area contributed by atoms with E-state index in [-0.39, 0.29) is 11.8 Å². The van der Waals surface area contributed by atoms with Gasteiger partial charge in [-0.3, -0.25) is 4.79 Å². The molecule has 24 heavy (non-hydrogen) atoms. The zero-order valence-corrected chi connectivity index (χ0v) is 14.1. The summed E-state index contributed by atoms with van der Waals surface area (Å²) in [5.74, 6) is 0.987. The standard InChI is InChI=1S/C17H17N5OS/c1-18-15(23)14-13(12-4-2-6-19-16(12)24-14)11-5-9-22(10-11)17-20-7-3-8-21-17/h2-4,6-8,11H,5,9-10H2,1H3,(H,18,23). The van der Waals surface area contributed by atoms with E-state index in [0.717, 1.165) is 46.1 Å². The molecule has 4 heterocycles. The molecule has 7 heteroatoms. The van der Waals surface area contributed by atoms with Gasteiger partial charge in [-0.1, -0.05) is 6.07 Å². The van der Waals surface area contributed by atoms with Gasteiger partial charge in [0, 0.05) is 50.0 Å². The lowest BCUT2D eigenvalue weighted by atomic mass is 9.95. The summed E-state index contributed by atoms with van der Waals surface area (Å²) >= 11 is 1.47. The Morgan fingerprint density at radius 1 is 1.25 bits per heavy atom. The normalized spacial score (nSPS) is 17.4. The molecule has 1 saturated heterocycles. The van der Waals surface area contributed by atoms with Crippen LogP contribution in [0.1, 0.15) is 27.6 Å². The molecule has 0 aromatic carbocycles. The fourth-order valence-corrected chi connectivity index (χ4v) is 4.45. The van der Waals surface area contributed by atoms with Crippen LogP contribution in [0.4, 0.5) is 5.95 Å². The van der Waals surface area contributed by atoms with Gasteiger partial charge in [0.15, 0.2) is 0 Å². The Labute approximate surface area is 143 Å². The minimum Gasteiger partial charge on any atom is -0.354 e. The molecule has 1 amide bonds. The van der Waals surface area contributed by atoms with Crippen LogP contribution in [0.2, 0.25) is 0 Å². The number of carbonyl (C=O) groups excluding carboxylic acids is 1. The summed E-state index contributed by atoms with van der Waals surface area (Å²) in [5.41, 5.74) is 1.11. The Hall–Kier alpha value is -2.54. The van der Waals surface area contributed by atoms with Gasteiger partial charge in [-0.25, -0.2) is 15.0 Å². The molecule has 4 rings (SSSR count). The van der Waals surface area contributed by atoms with Crippen LogP contribution >= 0.6 is 11.3 Å². The van der Waals surface area contributed by atoms with E-state index in [2.05, 4.69) is 31.2 Å². The maximum atomic E-state index is 12.3. The SMILES string of the molecule is CNC(=O)c1sc2ncccc2c1C1CCN(c2ncccn2)C1. The number of carbonyl (C=O) groups is 1. The van der Waals surface area contributed by atoms with Crippen molar-refractivity contribution < 1.29 is 4.79 Å². The van der Waals surface area contributed by atoms with Gasteiger partial charge in [0.25, 0.3) is 5.91 Å². The van der Waals surface area contributed by atoms with E-state index < -0.39 is 0 Å². The molecule has 0 bridgehead atoms. The van der Waals surface area contributed by atoms with Crippen LogP contribution < -0.4 is 10.2 Å². The first-order chi connectivity index (χ1) is 11.8. The summed E-state index contributed by atoms with van der Waals surface area (Å²) in [7, 11) is 1.67. The number of hydrogen-bond acceptors (Lipinski definition) is 6. The molecule has 1 aliphatic heterocycles. The first-order valence-electron chi connectivity index (χ1n) is 7.89. The van der Waals surface area contributed by atoms with Crippen LogP contribution in [0.5, 0.6) is 0 Å². The summed E-state index contributed by atoms with van der Waals surface area (Å²) < 4.78 is 0.